The molecular formula is C24H29N3O2. The van der Waals surface area contributed by atoms with E-state index in [-0.39, 0.29) is 11.7 Å². The minimum absolute atomic E-state index is 0.0107. The number of benzene rings is 2. The molecule has 0 bridgehead atoms. The quantitative estimate of drug-likeness (QED) is 0.750. The molecule has 2 fully saturated rings. The Morgan fingerprint density at radius 2 is 1.48 bits per heavy atom. The van der Waals surface area contributed by atoms with Gasteiger partial charge in [-0.25, -0.2) is 0 Å². The molecule has 0 aromatic heterocycles. The van der Waals surface area contributed by atoms with Crippen LogP contribution in [-0.2, 0) is 0 Å². The third-order valence-electron chi connectivity index (χ3n) is 6.17. The smallest absolute Gasteiger partial charge is 0.254 e. The van der Waals surface area contributed by atoms with Crippen molar-refractivity contribution in [1.29, 1.82) is 0 Å². The zero-order valence-corrected chi connectivity index (χ0v) is 17.1. The molecule has 0 aliphatic carbocycles. The maximum absolute atomic E-state index is 13.1. The lowest BCUT2D eigenvalue weighted by Crippen LogP contribution is -2.56. The number of piperazine rings is 1. The largest absolute Gasteiger partial charge is 0.369 e. The van der Waals surface area contributed by atoms with Gasteiger partial charge in [-0.05, 0) is 38.0 Å². The number of carbonyl (C=O) groups is 2. The number of amides is 1. The van der Waals surface area contributed by atoms with Gasteiger partial charge < -0.3 is 9.80 Å². The molecule has 2 aliphatic heterocycles. The van der Waals surface area contributed by atoms with Crippen molar-refractivity contribution in [3.8, 4) is 0 Å². The van der Waals surface area contributed by atoms with Crippen molar-refractivity contribution in [3.05, 3.63) is 65.7 Å². The Morgan fingerprint density at radius 1 is 0.828 bits per heavy atom. The molecule has 0 spiro atoms. The van der Waals surface area contributed by atoms with Crippen LogP contribution in [0.25, 0.3) is 0 Å². The highest BCUT2D eigenvalue weighted by Crippen LogP contribution is 2.23. The molecule has 2 aromatic rings. The van der Waals surface area contributed by atoms with Crippen LogP contribution in [-0.4, -0.2) is 66.8 Å². The molecule has 2 saturated heterocycles. The first-order valence-corrected chi connectivity index (χ1v) is 10.6. The molecule has 1 atom stereocenters. The highest BCUT2D eigenvalue weighted by atomic mass is 16.2. The van der Waals surface area contributed by atoms with E-state index in [2.05, 4.69) is 40.1 Å². The van der Waals surface area contributed by atoms with Crippen LogP contribution in [0.1, 0.15) is 40.5 Å². The normalized spacial score (nSPS) is 20.5. The van der Waals surface area contributed by atoms with Crippen molar-refractivity contribution >= 4 is 17.4 Å². The average Bonchev–Trinajstić information content (AvgIpc) is 2.79. The lowest BCUT2D eigenvalue weighted by molar-refractivity contribution is 0.0561. The first-order valence-electron chi connectivity index (χ1n) is 10.6. The van der Waals surface area contributed by atoms with E-state index in [1.807, 2.05) is 17.0 Å². The van der Waals surface area contributed by atoms with E-state index in [4.69, 9.17) is 0 Å². The number of Topliss-reactive ketones (excluding diaryl/α,β-unsaturated/α-hetero) is 1. The summed E-state index contributed by atoms with van der Waals surface area (Å²) in [4.78, 5) is 32.0. The van der Waals surface area contributed by atoms with E-state index >= 15 is 0 Å². The fourth-order valence-electron chi connectivity index (χ4n) is 4.57. The van der Waals surface area contributed by atoms with Crippen LogP contribution in [0.15, 0.2) is 54.6 Å². The molecule has 4 rings (SSSR count). The first kappa shape index (κ1) is 19.6. The van der Waals surface area contributed by atoms with Crippen LogP contribution in [0.5, 0.6) is 0 Å². The van der Waals surface area contributed by atoms with E-state index in [9.17, 15) is 9.59 Å². The Bertz CT molecular complexity index is 859. The van der Waals surface area contributed by atoms with E-state index in [0.717, 1.165) is 52.1 Å². The van der Waals surface area contributed by atoms with Gasteiger partial charge in [0, 0.05) is 56.6 Å². The summed E-state index contributed by atoms with van der Waals surface area (Å²) in [6, 6.07) is 18.2. The third-order valence-corrected chi connectivity index (χ3v) is 6.17. The second kappa shape index (κ2) is 8.78. The van der Waals surface area contributed by atoms with Gasteiger partial charge in [0.1, 0.15) is 0 Å². The molecule has 152 valence electrons. The number of carbonyl (C=O) groups excluding carboxylic acids is 2. The van der Waals surface area contributed by atoms with Gasteiger partial charge in [0.05, 0.1) is 5.56 Å². The number of piperidine rings is 1. The van der Waals surface area contributed by atoms with Crippen LogP contribution in [0.3, 0.4) is 0 Å². The van der Waals surface area contributed by atoms with Crippen molar-refractivity contribution in [2.24, 2.45) is 0 Å². The minimum Gasteiger partial charge on any atom is -0.369 e. The second-order valence-electron chi connectivity index (χ2n) is 8.01. The fourth-order valence-corrected chi connectivity index (χ4v) is 4.57. The number of likely N-dealkylation sites (tertiary alicyclic amines) is 1. The predicted molar refractivity (Wildman–Crippen MR) is 116 cm³/mol. The highest BCUT2D eigenvalue weighted by molar-refractivity contribution is 6.07. The molecule has 29 heavy (non-hydrogen) atoms. The summed E-state index contributed by atoms with van der Waals surface area (Å²) in [6.07, 6.45) is 2.14. The minimum atomic E-state index is -0.0560. The van der Waals surface area contributed by atoms with Crippen LogP contribution >= 0.6 is 0 Å². The summed E-state index contributed by atoms with van der Waals surface area (Å²) in [6.45, 7) is 7.11. The topological polar surface area (TPSA) is 43.9 Å². The van der Waals surface area contributed by atoms with Gasteiger partial charge in [-0.15, -0.1) is 0 Å². The summed E-state index contributed by atoms with van der Waals surface area (Å²) in [5, 5.41) is 0. The predicted octanol–water partition coefficient (Wildman–Crippen LogP) is 3.32. The zero-order chi connectivity index (χ0) is 20.2. The Balaban J connectivity index is 1.39. The Hall–Kier alpha value is -2.66. The molecule has 2 heterocycles. The zero-order valence-electron chi connectivity index (χ0n) is 17.1. The summed E-state index contributed by atoms with van der Waals surface area (Å²) < 4.78 is 0. The van der Waals surface area contributed by atoms with Gasteiger partial charge in [-0.1, -0.05) is 36.4 Å². The molecule has 0 N–H and O–H groups in total. The van der Waals surface area contributed by atoms with E-state index < -0.39 is 0 Å². The van der Waals surface area contributed by atoms with Gasteiger partial charge in [0.2, 0.25) is 0 Å². The standard InChI is InChI=1S/C24H29N3O2/c1-19(28)22-11-5-6-12-23(22)24(29)27-13-7-10-21(18-27)26-16-14-25(15-17-26)20-8-3-2-4-9-20/h2-6,8-9,11-12,21H,7,10,13-18H2,1H3/t21-/m0/s1. The van der Waals surface area contributed by atoms with Gasteiger partial charge in [0.15, 0.2) is 5.78 Å². The SMILES string of the molecule is CC(=O)c1ccccc1C(=O)N1CCC[C@H](N2CCN(c3ccccc3)CC2)C1. The Kier molecular flexibility index (Phi) is 5.95. The summed E-state index contributed by atoms with van der Waals surface area (Å²) >= 11 is 0. The van der Waals surface area contributed by atoms with Crippen LogP contribution in [0.4, 0.5) is 5.69 Å². The highest BCUT2D eigenvalue weighted by Gasteiger charge is 2.31. The molecule has 2 aromatic carbocycles. The summed E-state index contributed by atoms with van der Waals surface area (Å²) in [7, 11) is 0. The van der Waals surface area contributed by atoms with Crippen LogP contribution in [0, 0.1) is 0 Å². The molecule has 2 aliphatic rings. The summed E-state index contributed by atoms with van der Waals surface area (Å²) in [5.74, 6) is -0.0667. The number of nitrogens with zero attached hydrogens (tertiary/aromatic N) is 3. The van der Waals surface area contributed by atoms with Gasteiger partial charge in [-0.2, -0.15) is 0 Å². The van der Waals surface area contributed by atoms with Crippen molar-refractivity contribution in [1.82, 2.24) is 9.80 Å². The number of anilines is 1. The van der Waals surface area contributed by atoms with Gasteiger partial charge in [0.25, 0.3) is 5.91 Å². The molecule has 0 saturated carbocycles. The summed E-state index contributed by atoms with van der Waals surface area (Å²) in [5.41, 5.74) is 2.35. The molecule has 0 radical (unpaired) electrons. The van der Waals surface area contributed by atoms with Crippen LogP contribution in [0.2, 0.25) is 0 Å². The number of hydrogen-bond donors (Lipinski definition) is 0. The molecule has 5 heteroatoms. The van der Waals surface area contributed by atoms with E-state index in [1.54, 1.807) is 12.1 Å². The van der Waals surface area contributed by atoms with Gasteiger partial charge >= 0.3 is 0 Å². The Labute approximate surface area is 172 Å². The molecular weight excluding hydrogens is 362 g/mol. The lowest BCUT2D eigenvalue weighted by atomic mass is 9.99. The first-order chi connectivity index (χ1) is 14.1. The molecule has 0 unspecified atom stereocenters. The second-order valence-corrected chi connectivity index (χ2v) is 8.01. The van der Waals surface area contributed by atoms with E-state index in [1.165, 1.54) is 12.6 Å². The average molecular weight is 392 g/mol. The maximum Gasteiger partial charge on any atom is 0.254 e. The number of para-hydroxylation sites is 1. The van der Waals surface area contributed by atoms with Crippen LogP contribution < -0.4 is 4.90 Å². The number of hydrogen-bond acceptors (Lipinski definition) is 4. The fraction of sp³-hybridized carbons (Fsp3) is 0.417. The number of rotatable bonds is 4. The van der Waals surface area contributed by atoms with Crippen molar-refractivity contribution in [2.45, 2.75) is 25.8 Å². The Morgan fingerprint density at radius 3 is 2.17 bits per heavy atom. The van der Waals surface area contributed by atoms with Gasteiger partial charge in [-0.3, -0.25) is 14.5 Å². The lowest BCUT2D eigenvalue weighted by Gasteiger charge is -2.44. The van der Waals surface area contributed by atoms with Crippen molar-refractivity contribution in [3.63, 3.8) is 0 Å². The molecule has 1 amide bonds. The monoisotopic (exact) mass is 391 g/mol. The number of ketones is 1. The van der Waals surface area contributed by atoms with Crippen molar-refractivity contribution < 1.29 is 9.59 Å². The third kappa shape index (κ3) is 4.35. The van der Waals surface area contributed by atoms with Crippen molar-refractivity contribution in [2.75, 3.05) is 44.2 Å². The molecule has 5 nitrogen and oxygen atoms in total. The van der Waals surface area contributed by atoms with E-state index in [0.29, 0.717) is 17.2 Å². The maximum atomic E-state index is 13.1.